The molecular weight excluding hydrogens is 198 g/mol. The highest BCUT2D eigenvalue weighted by Crippen LogP contribution is 2.28. The van der Waals surface area contributed by atoms with E-state index in [0.717, 1.165) is 5.75 Å². The summed E-state index contributed by atoms with van der Waals surface area (Å²) in [6, 6.07) is 0.122. The summed E-state index contributed by atoms with van der Waals surface area (Å²) < 4.78 is 0. The van der Waals surface area contributed by atoms with Gasteiger partial charge in [0.2, 0.25) is 0 Å². The second kappa shape index (κ2) is 4.53. The third-order valence-corrected chi connectivity index (χ3v) is 3.96. The Kier molecular flexibility index (Phi) is 3.84. The monoisotopic (exact) mass is 217 g/mol. The van der Waals surface area contributed by atoms with Gasteiger partial charge in [0, 0.05) is 11.8 Å². The number of hydrogen-bond acceptors (Lipinski definition) is 3. The number of carbonyl (C=O) groups excluding carboxylic acids is 1. The molecule has 1 saturated heterocycles. The zero-order valence-electron chi connectivity index (χ0n) is 9.04. The van der Waals surface area contributed by atoms with E-state index in [1.807, 2.05) is 6.92 Å². The predicted molar refractivity (Wildman–Crippen MR) is 59.3 cm³/mol. The molecule has 82 valence electrons. The van der Waals surface area contributed by atoms with Crippen LogP contribution in [0.5, 0.6) is 0 Å². The van der Waals surface area contributed by atoms with Gasteiger partial charge < -0.3 is 10.4 Å². The Morgan fingerprint density at radius 2 is 2.14 bits per heavy atom. The molecule has 0 saturated carbocycles. The van der Waals surface area contributed by atoms with Crippen molar-refractivity contribution in [1.82, 2.24) is 5.32 Å². The second-order valence-corrected chi connectivity index (χ2v) is 5.45. The summed E-state index contributed by atoms with van der Waals surface area (Å²) in [7, 11) is 0. The summed E-state index contributed by atoms with van der Waals surface area (Å²) in [5.41, 5.74) is -1.12. The van der Waals surface area contributed by atoms with Gasteiger partial charge in [-0.25, -0.2) is 0 Å². The summed E-state index contributed by atoms with van der Waals surface area (Å²) in [5, 5.41) is 12.8. The summed E-state index contributed by atoms with van der Waals surface area (Å²) in [6.07, 6.45) is 0.578. The molecule has 0 aromatic carbocycles. The molecule has 1 heterocycles. The molecule has 1 fully saturated rings. The third kappa shape index (κ3) is 2.64. The summed E-state index contributed by atoms with van der Waals surface area (Å²) >= 11 is 1.63. The lowest BCUT2D eigenvalue weighted by atomic mass is 10.0. The van der Waals surface area contributed by atoms with Gasteiger partial charge in [0.25, 0.3) is 5.91 Å². The fourth-order valence-corrected chi connectivity index (χ4v) is 2.48. The first-order valence-corrected chi connectivity index (χ1v) is 6.22. The number of hydrogen-bond donors (Lipinski definition) is 2. The zero-order valence-corrected chi connectivity index (χ0v) is 9.86. The molecule has 2 atom stereocenters. The molecule has 0 aliphatic carbocycles. The molecule has 3 nitrogen and oxygen atoms in total. The molecule has 1 rings (SSSR count). The molecule has 0 radical (unpaired) electrons. The van der Waals surface area contributed by atoms with Crippen LogP contribution in [0.15, 0.2) is 0 Å². The standard InChI is InChI=1S/C10H19NO2S/c1-7(2)8(3)11-9(12)10(13)4-5-14-6-10/h7-8,13H,4-6H2,1-3H3,(H,11,12). The molecule has 14 heavy (non-hydrogen) atoms. The van der Waals surface area contributed by atoms with Gasteiger partial charge in [-0.15, -0.1) is 0 Å². The Balaban J connectivity index is 2.49. The van der Waals surface area contributed by atoms with Crippen molar-refractivity contribution >= 4 is 17.7 Å². The van der Waals surface area contributed by atoms with Gasteiger partial charge in [0.15, 0.2) is 5.60 Å². The maximum Gasteiger partial charge on any atom is 0.253 e. The van der Waals surface area contributed by atoms with Crippen molar-refractivity contribution in [1.29, 1.82) is 0 Å². The largest absolute Gasteiger partial charge is 0.379 e. The van der Waals surface area contributed by atoms with Crippen LogP contribution in [-0.4, -0.2) is 34.2 Å². The molecule has 0 bridgehead atoms. The van der Waals surface area contributed by atoms with Crippen molar-refractivity contribution in [2.24, 2.45) is 5.92 Å². The Hall–Kier alpha value is -0.220. The maximum absolute atomic E-state index is 11.7. The minimum absolute atomic E-state index is 0.122. The highest BCUT2D eigenvalue weighted by Gasteiger charge is 2.39. The van der Waals surface area contributed by atoms with Gasteiger partial charge >= 0.3 is 0 Å². The van der Waals surface area contributed by atoms with E-state index in [1.165, 1.54) is 0 Å². The SMILES string of the molecule is CC(C)C(C)NC(=O)C1(O)CCSC1. The number of amides is 1. The van der Waals surface area contributed by atoms with Crippen LogP contribution in [0, 0.1) is 5.92 Å². The van der Waals surface area contributed by atoms with Crippen molar-refractivity contribution < 1.29 is 9.90 Å². The Labute approximate surface area is 89.6 Å². The highest BCUT2D eigenvalue weighted by atomic mass is 32.2. The van der Waals surface area contributed by atoms with Crippen LogP contribution >= 0.6 is 11.8 Å². The fourth-order valence-electron chi connectivity index (χ4n) is 1.24. The van der Waals surface area contributed by atoms with Crippen molar-refractivity contribution in [3.05, 3.63) is 0 Å². The van der Waals surface area contributed by atoms with Crippen molar-refractivity contribution in [2.45, 2.75) is 38.8 Å². The van der Waals surface area contributed by atoms with Crippen molar-refractivity contribution in [3.8, 4) is 0 Å². The number of rotatable bonds is 3. The molecular formula is C10H19NO2S. The van der Waals surface area contributed by atoms with Crippen LogP contribution in [0.2, 0.25) is 0 Å². The Morgan fingerprint density at radius 3 is 2.57 bits per heavy atom. The van der Waals surface area contributed by atoms with E-state index >= 15 is 0 Å². The second-order valence-electron chi connectivity index (χ2n) is 4.34. The number of thioether (sulfide) groups is 1. The van der Waals surface area contributed by atoms with Gasteiger partial charge in [-0.2, -0.15) is 11.8 Å². The molecule has 2 unspecified atom stereocenters. The van der Waals surface area contributed by atoms with Crippen molar-refractivity contribution in [2.75, 3.05) is 11.5 Å². The molecule has 1 amide bonds. The summed E-state index contributed by atoms with van der Waals surface area (Å²) in [6.45, 7) is 6.07. The molecule has 1 aliphatic rings. The van der Waals surface area contributed by atoms with Gasteiger partial charge in [-0.05, 0) is 25.0 Å². The first-order chi connectivity index (χ1) is 6.46. The molecule has 1 aliphatic heterocycles. The van der Waals surface area contributed by atoms with Crippen LogP contribution in [-0.2, 0) is 4.79 Å². The van der Waals surface area contributed by atoms with E-state index in [4.69, 9.17) is 0 Å². The van der Waals surface area contributed by atoms with Crippen molar-refractivity contribution in [3.63, 3.8) is 0 Å². The minimum atomic E-state index is -1.12. The first-order valence-electron chi connectivity index (χ1n) is 5.07. The fraction of sp³-hybridized carbons (Fsp3) is 0.900. The van der Waals surface area contributed by atoms with E-state index in [2.05, 4.69) is 19.2 Å². The van der Waals surface area contributed by atoms with Crippen LogP contribution in [0.3, 0.4) is 0 Å². The topological polar surface area (TPSA) is 49.3 Å². The third-order valence-electron chi connectivity index (χ3n) is 2.78. The number of nitrogens with one attached hydrogen (secondary N) is 1. The van der Waals surface area contributed by atoms with Gasteiger partial charge in [0.1, 0.15) is 0 Å². The normalized spacial score (nSPS) is 29.2. The predicted octanol–water partition coefficient (Wildman–Crippen LogP) is 1.02. The number of aliphatic hydroxyl groups is 1. The first kappa shape index (κ1) is 11.9. The van der Waals surface area contributed by atoms with E-state index in [1.54, 1.807) is 11.8 Å². The lowest BCUT2D eigenvalue weighted by molar-refractivity contribution is -0.138. The Morgan fingerprint density at radius 1 is 1.50 bits per heavy atom. The van der Waals surface area contributed by atoms with Crippen LogP contribution in [0.4, 0.5) is 0 Å². The smallest absolute Gasteiger partial charge is 0.253 e. The van der Waals surface area contributed by atoms with E-state index in [0.29, 0.717) is 18.1 Å². The van der Waals surface area contributed by atoms with Crippen LogP contribution in [0.25, 0.3) is 0 Å². The van der Waals surface area contributed by atoms with E-state index < -0.39 is 5.60 Å². The average Bonchev–Trinajstić information content (AvgIpc) is 2.53. The van der Waals surface area contributed by atoms with Gasteiger partial charge in [0.05, 0.1) is 0 Å². The minimum Gasteiger partial charge on any atom is -0.379 e. The zero-order chi connectivity index (χ0) is 10.8. The quantitative estimate of drug-likeness (QED) is 0.742. The number of carbonyl (C=O) groups is 1. The van der Waals surface area contributed by atoms with E-state index in [-0.39, 0.29) is 11.9 Å². The molecule has 4 heteroatoms. The van der Waals surface area contributed by atoms with Crippen LogP contribution in [0.1, 0.15) is 27.2 Å². The maximum atomic E-state index is 11.7. The van der Waals surface area contributed by atoms with Gasteiger partial charge in [-0.3, -0.25) is 4.79 Å². The average molecular weight is 217 g/mol. The lowest BCUT2D eigenvalue weighted by Gasteiger charge is -2.25. The summed E-state index contributed by atoms with van der Waals surface area (Å²) in [5.74, 6) is 1.60. The Bertz CT molecular complexity index is 212. The lowest BCUT2D eigenvalue weighted by Crippen LogP contribution is -2.50. The molecule has 0 aromatic rings. The van der Waals surface area contributed by atoms with Crippen LogP contribution < -0.4 is 5.32 Å². The van der Waals surface area contributed by atoms with E-state index in [9.17, 15) is 9.90 Å². The molecule has 0 spiro atoms. The summed E-state index contributed by atoms with van der Waals surface area (Å²) in [4.78, 5) is 11.7. The highest BCUT2D eigenvalue weighted by molar-refractivity contribution is 7.99. The molecule has 2 N–H and O–H groups in total. The molecule has 0 aromatic heterocycles. The van der Waals surface area contributed by atoms with Gasteiger partial charge in [-0.1, -0.05) is 13.8 Å².